The van der Waals surface area contributed by atoms with Gasteiger partial charge in [0.05, 0.1) is 17.8 Å². The monoisotopic (exact) mass is 326 g/mol. The minimum atomic E-state index is 0.319. The van der Waals surface area contributed by atoms with Gasteiger partial charge < -0.3 is 10.1 Å². The molecule has 2 atom stereocenters. The van der Waals surface area contributed by atoms with E-state index in [9.17, 15) is 0 Å². The second-order valence-corrected chi connectivity index (χ2v) is 5.94. The number of halogens is 1. The van der Waals surface area contributed by atoms with Crippen LogP contribution in [-0.2, 0) is 4.74 Å². The molecule has 1 fully saturated rings. The van der Waals surface area contributed by atoms with Gasteiger partial charge in [0, 0.05) is 17.3 Å². The van der Waals surface area contributed by atoms with Gasteiger partial charge in [-0.3, -0.25) is 4.98 Å². The van der Waals surface area contributed by atoms with Crippen molar-refractivity contribution in [3.8, 4) is 0 Å². The van der Waals surface area contributed by atoms with Crippen LogP contribution in [0.3, 0.4) is 0 Å². The number of hydrogen-bond acceptors (Lipinski definition) is 3. The van der Waals surface area contributed by atoms with Crippen LogP contribution >= 0.6 is 15.9 Å². The number of rotatable bonds is 7. The van der Waals surface area contributed by atoms with E-state index in [0.29, 0.717) is 12.1 Å². The molecule has 1 saturated heterocycles. The molecular weight excluding hydrogens is 304 g/mol. The first-order valence-corrected chi connectivity index (χ1v) is 8.06. The Bertz CT molecular complexity index is 380. The molecule has 0 saturated carbocycles. The molecule has 0 amide bonds. The van der Waals surface area contributed by atoms with Gasteiger partial charge in [-0.15, -0.1) is 0 Å². The molecule has 0 aromatic carbocycles. The number of hydrogen-bond donors (Lipinski definition) is 1. The van der Waals surface area contributed by atoms with Crippen LogP contribution in [0.4, 0.5) is 0 Å². The van der Waals surface area contributed by atoms with Gasteiger partial charge in [0.2, 0.25) is 0 Å². The number of nitrogens with one attached hydrogen (secondary N) is 1. The standard InChI is InChI=1S/C15H23BrN2O/c1-2-9-17-14(8-7-12-5-4-11-19-12)15-13(16)6-3-10-18-15/h3,6,10,12,14,17H,2,4-5,7-9,11H2,1H3. The minimum Gasteiger partial charge on any atom is -0.378 e. The van der Waals surface area contributed by atoms with E-state index in [4.69, 9.17) is 4.74 Å². The Balaban J connectivity index is 1.96. The predicted molar refractivity (Wildman–Crippen MR) is 81.2 cm³/mol. The number of ether oxygens (including phenoxy) is 1. The highest BCUT2D eigenvalue weighted by Crippen LogP contribution is 2.27. The number of nitrogens with zero attached hydrogens (tertiary/aromatic N) is 1. The molecule has 0 radical (unpaired) electrons. The molecular formula is C15H23BrN2O. The molecule has 1 aliphatic rings. The van der Waals surface area contributed by atoms with Crippen molar-refractivity contribution in [2.45, 2.75) is 51.2 Å². The van der Waals surface area contributed by atoms with Gasteiger partial charge in [-0.1, -0.05) is 6.92 Å². The molecule has 2 rings (SSSR count). The van der Waals surface area contributed by atoms with E-state index in [2.05, 4.69) is 39.2 Å². The molecule has 1 aromatic rings. The van der Waals surface area contributed by atoms with Crippen LogP contribution in [0.5, 0.6) is 0 Å². The lowest BCUT2D eigenvalue weighted by Crippen LogP contribution is -2.24. The highest BCUT2D eigenvalue weighted by molar-refractivity contribution is 9.10. The van der Waals surface area contributed by atoms with Crippen molar-refractivity contribution < 1.29 is 4.74 Å². The third-order valence-electron chi connectivity index (χ3n) is 3.56. The summed E-state index contributed by atoms with van der Waals surface area (Å²) in [4.78, 5) is 4.53. The lowest BCUT2D eigenvalue weighted by atomic mass is 10.0. The first kappa shape index (κ1) is 14.9. The molecule has 0 aliphatic carbocycles. The van der Waals surface area contributed by atoms with Crippen LogP contribution in [-0.4, -0.2) is 24.2 Å². The van der Waals surface area contributed by atoms with E-state index in [0.717, 1.165) is 42.6 Å². The molecule has 0 bridgehead atoms. The van der Waals surface area contributed by atoms with E-state index in [1.54, 1.807) is 0 Å². The zero-order valence-electron chi connectivity index (χ0n) is 11.6. The summed E-state index contributed by atoms with van der Waals surface area (Å²) in [6, 6.07) is 4.35. The fourth-order valence-corrected chi connectivity index (χ4v) is 3.06. The lowest BCUT2D eigenvalue weighted by molar-refractivity contribution is 0.0994. The fourth-order valence-electron chi connectivity index (χ4n) is 2.53. The van der Waals surface area contributed by atoms with Gasteiger partial charge in [-0.2, -0.15) is 0 Å². The SMILES string of the molecule is CCCNC(CCC1CCCO1)c1ncccc1Br. The van der Waals surface area contributed by atoms with Crippen molar-refractivity contribution in [1.29, 1.82) is 0 Å². The Morgan fingerprint density at radius 1 is 1.58 bits per heavy atom. The fraction of sp³-hybridized carbons (Fsp3) is 0.667. The topological polar surface area (TPSA) is 34.1 Å². The highest BCUT2D eigenvalue weighted by Gasteiger charge is 2.20. The normalized spacial score (nSPS) is 20.6. The zero-order chi connectivity index (χ0) is 13.5. The average Bonchev–Trinajstić information content (AvgIpc) is 2.93. The Morgan fingerprint density at radius 2 is 2.47 bits per heavy atom. The Hall–Kier alpha value is -0.450. The Morgan fingerprint density at radius 3 is 3.16 bits per heavy atom. The van der Waals surface area contributed by atoms with Gasteiger partial charge in [0.25, 0.3) is 0 Å². The van der Waals surface area contributed by atoms with Crippen LogP contribution in [0, 0.1) is 0 Å². The third-order valence-corrected chi connectivity index (χ3v) is 4.23. The van der Waals surface area contributed by atoms with Crippen molar-refractivity contribution >= 4 is 15.9 Å². The summed E-state index contributed by atoms with van der Waals surface area (Å²) in [6.07, 6.45) is 8.08. The van der Waals surface area contributed by atoms with Crippen molar-refractivity contribution in [3.05, 3.63) is 28.5 Å². The minimum absolute atomic E-state index is 0.319. The van der Waals surface area contributed by atoms with E-state index in [1.165, 1.54) is 12.8 Å². The lowest BCUT2D eigenvalue weighted by Gasteiger charge is -2.20. The predicted octanol–water partition coefficient (Wildman–Crippen LogP) is 3.84. The maximum Gasteiger partial charge on any atom is 0.0714 e. The van der Waals surface area contributed by atoms with E-state index >= 15 is 0 Å². The Labute approximate surface area is 124 Å². The summed E-state index contributed by atoms with van der Waals surface area (Å²) in [5.74, 6) is 0. The van der Waals surface area contributed by atoms with E-state index in [-0.39, 0.29) is 0 Å². The second-order valence-electron chi connectivity index (χ2n) is 5.09. The molecule has 1 aliphatic heterocycles. The number of aromatic nitrogens is 1. The van der Waals surface area contributed by atoms with Crippen LogP contribution in [0.15, 0.2) is 22.8 Å². The van der Waals surface area contributed by atoms with Crippen LogP contribution in [0.25, 0.3) is 0 Å². The molecule has 2 unspecified atom stereocenters. The molecule has 4 heteroatoms. The zero-order valence-corrected chi connectivity index (χ0v) is 13.2. The van der Waals surface area contributed by atoms with Crippen molar-refractivity contribution in [1.82, 2.24) is 10.3 Å². The van der Waals surface area contributed by atoms with Gasteiger partial charge in [-0.25, -0.2) is 0 Å². The van der Waals surface area contributed by atoms with Crippen LogP contribution < -0.4 is 5.32 Å². The van der Waals surface area contributed by atoms with Crippen molar-refractivity contribution in [2.24, 2.45) is 0 Å². The van der Waals surface area contributed by atoms with E-state index < -0.39 is 0 Å². The Kier molecular flexibility index (Phi) is 6.28. The molecule has 1 aromatic heterocycles. The summed E-state index contributed by atoms with van der Waals surface area (Å²) in [6.45, 7) is 4.15. The first-order chi connectivity index (χ1) is 9.31. The van der Waals surface area contributed by atoms with Crippen molar-refractivity contribution in [3.63, 3.8) is 0 Å². The third kappa shape index (κ3) is 4.55. The maximum atomic E-state index is 5.71. The smallest absolute Gasteiger partial charge is 0.0714 e. The van der Waals surface area contributed by atoms with Crippen LogP contribution in [0.2, 0.25) is 0 Å². The van der Waals surface area contributed by atoms with Gasteiger partial charge in [0.1, 0.15) is 0 Å². The molecule has 1 N–H and O–H groups in total. The largest absolute Gasteiger partial charge is 0.378 e. The van der Waals surface area contributed by atoms with Gasteiger partial charge in [0.15, 0.2) is 0 Å². The summed E-state index contributed by atoms with van der Waals surface area (Å²) in [5.41, 5.74) is 1.12. The molecule has 106 valence electrons. The molecule has 3 nitrogen and oxygen atoms in total. The van der Waals surface area contributed by atoms with Gasteiger partial charge in [-0.05, 0) is 66.7 Å². The van der Waals surface area contributed by atoms with Crippen molar-refractivity contribution in [2.75, 3.05) is 13.2 Å². The second kappa shape index (κ2) is 7.98. The summed E-state index contributed by atoms with van der Waals surface area (Å²) < 4.78 is 6.81. The van der Waals surface area contributed by atoms with Gasteiger partial charge >= 0.3 is 0 Å². The first-order valence-electron chi connectivity index (χ1n) is 7.26. The molecule has 2 heterocycles. The maximum absolute atomic E-state index is 5.71. The molecule has 0 spiro atoms. The summed E-state index contributed by atoms with van der Waals surface area (Å²) in [7, 11) is 0. The summed E-state index contributed by atoms with van der Waals surface area (Å²) >= 11 is 3.61. The average molecular weight is 327 g/mol. The van der Waals surface area contributed by atoms with E-state index in [1.807, 2.05) is 12.3 Å². The quantitative estimate of drug-likeness (QED) is 0.826. The highest BCUT2D eigenvalue weighted by atomic mass is 79.9. The molecule has 19 heavy (non-hydrogen) atoms. The number of pyridine rings is 1. The summed E-state index contributed by atoms with van der Waals surface area (Å²) in [5, 5.41) is 3.60. The van der Waals surface area contributed by atoms with Crippen LogP contribution in [0.1, 0.15) is 50.8 Å².